The lowest BCUT2D eigenvalue weighted by molar-refractivity contribution is 1.17. The summed E-state index contributed by atoms with van der Waals surface area (Å²) in [5.41, 5.74) is 2.44. The third kappa shape index (κ3) is 1.95. The van der Waals surface area contributed by atoms with Crippen molar-refractivity contribution in [1.82, 2.24) is 4.72 Å². The largest absolute Gasteiger partial charge is 0.333 e. The fourth-order valence-corrected chi connectivity index (χ4v) is 0.972. The molecule has 0 atom stereocenters. The van der Waals surface area contributed by atoms with Crippen LogP contribution in [0.5, 0.6) is 0 Å². The highest BCUT2D eigenvalue weighted by atomic mass is 32.1. The maximum atomic E-state index is 3.95. The molecule has 0 unspecified atom stereocenters. The van der Waals surface area contributed by atoms with Gasteiger partial charge in [0, 0.05) is 5.70 Å². The van der Waals surface area contributed by atoms with E-state index >= 15 is 0 Å². The van der Waals surface area contributed by atoms with E-state index in [1.54, 1.807) is 0 Å². The summed E-state index contributed by atoms with van der Waals surface area (Å²) in [5, 5.41) is 0. The molecule has 1 aliphatic carbocycles. The lowest BCUT2D eigenvalue weighted by Gasteiger charge is -1.95. The maximum Gasteiger partial charge on any atom is 0.0400 e. The summed E-state index contributed by atoms with van der Waals surface area (Å²) >= 11 is 3.95. The zero-order valence-electron chi connectivity index (χ0n) is 5.96. The molecule has 2 heteroatoms. The Morgan fingerprint density at radius 3 is 3.10 bits per heavy atom. The molecule has 0 spiro atoms. The first-order valence-electron chi connectivity index (χ1n) is 3.27. The topological polar surface area (TPSA) is 12.0 Å². The van der Waals surface area contributed by atoms with Crippen molar-refractivity contribution >= 4 is 12.8 Å². The Morgan fingerprint density at radius 1 is 1.60 bits per heavy atom. The first kappa shape index (κ1) is 7.48. The monoisotopic (exact) mass is 153 g/mol. The molecule has 1 N–H and O–H groups in total. The molecule has 54 valence electrons. The molecule has 0 heterocycles. The van der Waals surface area contributed by atoms with Crippen LogP contribution in [0, 0.1) is 0 Å². The molecule has 1 aliphatic rings. The zero-order valence-corrected chi connectivity index (χ0v) is 6.86. The van der Waals surface area contributed by atoms with Crippen molar-refractivity contribution in [3.05, 3.63) is 35.6 Å². The van der Waals surface area contributed by atoms with Gasteiger partial charge in [0.05, 0.1) is 0 Å². The summed E-state index contributed by atoms with van der Waals surface area (Å²) < 4.78 is 2.80. The second-order valence-corrected chi connectivity index (χ2v) is 2.57. The van der Waals surface area contributed by atoms with E-state index in [1.807, 2.05) is 12.2 Å². The molecule has 0 aromatic heterocycles. The van der Waals surface area contributed by atoms with Crippen molar-refractivity contribution in [1.29, 1.82) is 0 Å². The molecule has 0 aromatic rings. The maximum absolute atomic E-state index is 3.95. The van der Waals surface area contributed by atoms with E-state index in [1.165, 1.54) is 5.57 Å². The van der Waals surface area contributed by atoms with Gasteiger partial charge < -0.3 is 4.72 Å². The molecular formula is C8H11NS. The number of nitrogens with one attached hydrogen (secondary N) is 1. The summed E-state index contributed by atoms with van der Waals surface area (Å²) in [6, 6.07) is 0. The van der Waals surface area contributed by atoms with Crippen molar-refractivity contribution in [2.75, 3.05) is 0 Å². The molecule has 0 bridgehead atoms. The van der Waals surface area contributed by atoms with E-state index in [-0.39, 0.29) is 0 Å². The highest BCUT2D eigenvalue weighted by Crippen LogP contribution is 2.08. The van der Waals surface area contributed by atoms with Gasteiger partial charge in [-0.2, -0.15) is 0 Å². The lowest BCUT2D eigenvalue weighted by Crippen LogP contribution is -1.93. The van der Waals surface area contributed by atoms with Gasteiger partial charge in [0.15, 0.2) is 0 Å². The van der Waals surface area contributed by atoms with Crippen LogP contribution in [0.15, 0.2) is 35.6 Å². The highest BCUT2D eigenvalue weighted by molar-refractivity contribution is 7.78. The van der Waals surface area contributed by atoms with Crippen molar-refractivity contribution in [2.45, 2.75) is 13.3 Å². The second kappa shape index (κ2) is 3.52. The Bertz CT molecular complexity index is 201. The first-order chi connectivity index (χ1) is 4.83. The quantitative estimate of drug-likeness (QED) is 0.550. The Balaban J connectivity index is 2.69. The predicted molar refractivity (Wildman–Crippen MR) is 47.7 cm³/mol. The zero-order chi connectivity index (χ0) is 7.40. The molecule has 0 saturated carbocycles. The van der Waals surface area contributed by atoms with Gasteiger partial charge in [-0.1, -0.05) is 36.6 Å². The molecule has 1 rings (SSSR count). The van der Waals surface area contributed by atoms with Crippen LogP contribution in [0.2, 0.25) is 0 Å². The van der Waals surface area contributed by atoms with Crippen LogP contribution in [0.25, 0.3) is 0 Å². The summed E-state index contributed by atoms with van der Waals surface area (Å²) in [5.74, 6) is 0. The summed E-state index contributed by atoms with van der Waals surface area (Å²) in [7, 11) is 0. The number of hydrogen-bond acceptors (Lipinski definition) is 2. The normalized spacial score (nSPS) is 17.4. The van der Waals surface area contributed by atoms with Crippen LogP contribution >= 0.6 is 12.8 Å². The number of rotatable bonds is 1. The fraction of sp³-hybridized carbons (Fsp3) is 0.250. The minimum Gasteiger partial charge on any atom is -0.333 e. The van der Waals surface area contributed by atoms with E-state index in [2.05, 4.69) is 36.6 Å². The van der Waals surface area contributed by atoms with Crippen LogP contribution in [0.3, 0.4) is 0 Å². The van der Waals surface area contributed by atoms with Gasteiger partial charge in [0.2, 0.25) is 0 Å². The second-order valence-electron chi connectivity index (χ2n) is 2.35. The van der Waals surface area contributed by atoms with Gasteiger partial charge in [0.1, 0.15) is 0 Å². The van der Waals surface area contributed by atoms with Crippen LogP contribution in [-0.4, -0.2) is 0 Å². The Labute approximate surface area is 67.1 Å². The Kier molecular flexibility index (Phi) is 2.63. The SMILES string of the molecule is CC1=CC=CC(NS)=CC1. The van der Waals surface area contributed by atoms with Crippen LogP contribution in [0.4, 0.5) is 0 Å². The van der Waals surface area contributed by atoms with Gasteiger partial charge in [-0.05, 0) is 19.4 Å². The average Bonchev–Trinajstić information content (AvgIpc) is 2.14. The first-order valence-corrected chi connectivity index (χ1v) is 3.72. The van der Waals surface area contributed by atoms with E-state index < -0.39 is 0 Å². The van der Waals surface area contributed by atoms with Crippen molar-refractivity contribution in [2.24, 2.45) is 0 Å². The minimum absolute atomic E-state index is 1.01. The van der Waals surface area contributed by atoms with Crippen LogP contribution in [0.1, 0.15) is 13.3 Å². The number of hydrogen-bond donors (Lipinski definition) is 2. The molecule has 0 aromatic carbocycles. The van der Waals surface area contributed by atoms with Gasteiger partial charge >= 0.3 is 0 Å². The van der Waals surface area contributed by atoms with Crippen molar-refractivity contribution in [3.8, 4) is 0 Å². The van der Waals surface area contributed by atoms with Crippen LogP contribution < -0.4 is 4.72 Å². The Hall–Kier alpha value is -0.630. The van der Waals surface area contributed by atoms with Crippen molar-refractivity contribution < 1.29 is 0 Å². The molecule has 0 aliphatic heterocycles. The Morgan fingerprint density at radius 2 is 2.40 bits per heavy atom. The number of thiol groups is 1. The molecule has 1 nitrogen and oxygen atoms in total. The molecular weight excluding hydrogens is 142 g/mol. The summed E-state index contributed by atoms with van der Waals surface area (Å²) in [6.07, 6.45) is 9.26. The van der Waals surface area contributed by atoms with E-state index in [0.29, 0.717) is 0 Å². The summed E-state index contributed by atoms with van der Waals surface area (Å²) in [4.78, 5) is 0. The molecule has 0 amide bonds. The fourth-order valence-electron chi connectivity index (χ4n) is 0.806. The molecule has 0 radical (unpaired) electrons. The average molecular weight is 153 g/mol. The molecule has 0 saturated heterocycles. The molecule has 10 heavy (non-hydrogen) atoms. The standard InChI is InChI=1S/C8H11NS/c1-7-3-2-4-8(9-10)6-5-7/h2-4,6,9-10H,5H2,1H3. The minimum atomic E-state index is 1.01. The van der Waals surface area contributed by atoms with E-state index in [0.717, 1.165) is 12.1 Å². The van der Waals surface area contributed by atoms with Crippen molar-refractivity contribution in [3.63, 3.8) is 0 Å². The van der Waals surface area contributed by atoms with E-state index in [4.69, 9.17) is 0 Å². The highest BCUT2D eigenvalue weighted by Gasteiger charge is 1.92. The van der Waals surface area contributed by atoms with Gasteiger partial charge in [-0.15, -0.1) is 0 Å². The van der Waals surface area contributed by atoms with Gasteiger partial charge in [0.25, 0.3) is 0 Å². The molecule has 0 fully saturated rings. The third-order valence-electron chi connectivity index (χ3n) is 1.43. The van der Waals surface area contributed by atoms with Crippen LogP contribution in [-0.2, 0) is 0 Å². The predicted octanol–water partition coefficient (Wildman–Crippen LogP) is 2.21. The van der Waals surface area contributed by atoms with Gasteiger partial charge in [-0.25, -0.2) is 0 Å². The third-order valence-corrected chi connectivity index (χ3v) is 1.69. The lowest BCUT2D eigenvalue weighted by atomic mass is 10.2. The van der Waals surface area contributed by atoms with Gasteiger partial charge in [-0.3, -0.25) is 0 Å². The summed E-state index contributed by atoms with van der Waals surface area (Å²) in [6.45, 7) is 2.11. The number of allylic oxidation sites excluding steroid dienone is 5. The van der Waals surface area contributed by atoms with E-state index in [9.17, 15) is 0 Å². The smallest absolute Gasteiger partial charge is 0.0400 e.